The van der Waals surface area contributed by atoms with Gasteiger partial charge in [-0.25, -0.2) is 0 Å². The average molecular weight is 563 g/mol. The number of carbonyl (C=O) groups is 1. The first kappa shape index (κ1) is 28.4. The summed E-state index contributed by atoms with van der Waals surface area (Å²) in [5.74, 6) is 2.61. The minimum atomic E-state index is -0.375. The van der Waals surface area contributed by atoms with Crippen LogP contribution in [0.3, 0.4) is 0 Å². The highest BCUT2D eigenvalue weighted by Crippen LogP contribution is 2.78. The SMILES string of the molecule is CC1(C)[C@H](O)CC[C@]2(C)[C@H]3CCC4C5C([C@@]6(C)CO6)CC[C@]5(C(=O)OCc5ccccc5)CC[C@@]4(C)[C@]3(C)CC[C@@H]12. The molecule has 0 radical (unpaired) electrons. The topological polar surface area (TPSA) is 59.1 Å². The molecule has 0 amide bonds. The zero-order valence-electron chi connectivity index (χ0n) is 26.5. The Labute approximate surface area is 248 Å². The number of rotatable bonds is 4. The van der Waals surface area contributed by atoms with Crippen LogP contribution in [0.15, 0.2) is 30.3 Å². The number of aliphatic hydroxyl groups excluding tert-OH is 1. The Morgan fingerprint density at radius 2 is 1.56 bits per heavy atom. The third-order valence-corrected chi connectivity index (χ3v) is 15.4. The van der Waals surface area contributed by atoms with Crippen molar-refractivity contribution in [1.82, 2.24) is 0 Å². The van der Waals surface area contributed by atoms with Crippen molar-refractivity contribution in [2.24, 2.45) is 56.7 Å². The molecule has 41 heavy (non-hydrogen) atoms. The van der Waals surface area contributed by atoms with E-state index in [4.69, 9.17) is 9.47 Å². The van der Waals surface area contributed by atoms with E-state index in [9.17, 15) is 9.90 Å². The van der Waals surface area contributed by atoms with Gasteiger partial charge in [-0.15, -0.1) is 0 Å². The molecule has 4 nitrogen and oxygen atoms in total. The molecule has 3 unspecified atom stereocenters. The predicted molar refractivity (Wildman–Crippen MR) is 161 cm³/mol. The number of carbonyl (C=O) groups excluding carboxylic acids is 1. The first-order chi connectivity index (χ1) is 19.3. The van der Waals surface area contributed by atoms with Crippen molar-refractivity contribution in [2.45, 2.75) is 124 Å². The molecule has 5 aliphatic carbocycles. The Balaban J connectivity index is 1.23. The number of hydrogen-bond acceptors (Lipinski definition) is 4. The summed E-state index contributed by atoms with van der Waals surface area (Å²) in [7, 11) is 0. The zero-order valence-corrected chi connectivity index (χ0v) is 26.5. The smallest absolute Gasteiger partial charge is 0.312 e. The van der Waals surface area contributed by atoms with Crippen molar-refractivity contribution in [3.63, 3.8) is 0 Å². The van der Waals surface area contributed by atoms with Gasteiger partial charge in [-0.3, -0.25) is 4.79 Å². The van der Waals surface area contributed by atoms with Gasteiger partial charge < -0.3 is 14.6 Å². The molecule has 6 fully saturated rings. The molecule has 7 rings (SSSR count). The number of epoxide rings is 1. The molecule has 5 saturated carbocycles. The lowest BCUT2D eigenvalue weighted by Gasteiger charge is -2.72. The number of esters is 1. The first-order valence-corrected chi connectivity index (χ1v) is 16.9. The maximum Gasteiger partial charge on any atom is 0.312 e. The highest BCUT2D eigenvalue weighted by Gasteiger charge is 2.74. The second-order valence-electron chi connectivity index (χ2n) is 17.0. The molecule has 0 bridgehead atoms. The van der Waals surface area contributed by atoms with Crippen molar-refractivity contribution < 1.29 is 19.4 Å². The third-order valence-electron chi connectivity index (χ3n) is 15.4. The number of fused-ring (bicyclic) bond motifs is 7. The average Bonchev–Trinajstić information content (AvgIpc) is 3.55. The standard InChI is InChI=1S/C37H54O4/c1-32(2)27-15-18-35(5)28(33(27,3)17-16-29(32)38)13-12-25-30-26(36(6)23-41-36)14-19-37(30,21-20-34(25,35)4)31(39)40-22-24-10-8-7-9-11-24/h7-11,25-30,38H,12-23H2,1-6H3/t25?,26?,27-,28+,29+,30?,33-,34+,35+,36+,37-/m0/s1. The van der Waals surface area contributed by atoms with Crippen LogP contribution in [0.1, 0.15) is 111 Å². The van der Waals surface area contributed by atoms with Crippen LogP contribution in [0.25, 0.3) is 0 Å². The summed E-state index contributed by atoms with van der Waals surface area (Å²) in [5.41, 5.74) is 1.32. The van der Waals surface area contributed by atoms with Crippen molar-refractivity contribution >= 4 is 5.97 Å². The maximum atomic E-state index is 14.3. The van der Waals surface area contributed by atoms with Gasteiger partial charge in [0.05, 0.1) is 23.7 Å². The van der Waals surface area contributed by atoms with Crippen LogP contribution in [-0.4, -0.2) is 29.4 Å². The molecule has 226 valence electrons. The van der Waals surface area contributed by atoms with Gasteiger partial charge in [0.25, 0.3) is 0 Å². The van der Waals surface area contributed by atoms with Crippen molar-refractivity contribution in [3.8, 4) is 0 Å². The van der Waals surface area contributed by atoms with Crippen LogP contribution >= 0.6 is 0 Å². The molecule has 1 aromatic rings. The molecular weight excluding hydrogens is 508 g/mol. The molecule has 4 heteroatoms. The van der Waals surface area contributed by atoms with Crippen LogP contribution in [0, 0.1) is 56.7 Å². The largest absolute Gasteiger partial charge is 0.460 e. The Hall–Kier alpha value is -1.39. The highest BCUT2D eigenvalue weighted by atomic mass is 16.6. The molecule has 1 N–H and O–H groups in total. The number of aliphatic hydroxyl groups is 1. The van der Waals surface area contributed by atoms with E-state index in [2.05, 4.69) is 53.7 Å². The second-order valence-corrected chi connectivity index (χ2v) is 17.0. The van der Waals surface area contributed by atoms with Gasteiger partial charge in [-0.05, 0) is 128 Å². The number of benzene rings is 1. The van der Waals surface area contributed by atoms with Crippen molar-refractivity contribution in [3.05, 3.63) is 35.9 Å². The van der Waals surface area contributed by atoms with E-state index in [1.165, 1.54) is 25.7 Å². The van der Waals surface area contributed by atoms with Gasteiger partial charge in [0.1, 0.15) is 6.61 Å². The fraction of sp³-hybridized carbons (Fsp3) is 0.811. The van der Waals surface area contributed by atoms with E-state index in [0.29, 0.717) is 36.2 Å². The molecule has 6 aliphatic rings. The quantitative estimate of drug-likeness (QED) is 0.299. The molecule has 11 atom stereocenters. The summed E-state index contributed by atoms with van der Waals surface area (Å²) in [4.78, 5) is 14.3. The molecule has 1 aliphatic heterocycles. The summed E-state index contributed by atoms with van der Waals surface area (Å²) < 4.78 is 12.4. The lowest BCUT2D eigenvalue weighted by atomic mass is 9.32. The van der Waals surface area contributed by atoms with Gasteiger partial charge in [-0.2, -0.15) is 0 Å². The second kappa shape index (κ2) is 9.07. The summed E-state index contributed by atoms with van der Waals surface area (Å²) in [6.07, 6.45) is 10.9. The lowest BCUT2D eigenvalue weighted by molar-refractivity contribution is -0.250. The fourth-order valence-corrected chi connectivity index (χ4v) is 12.8. The molecule has 1 aromatic carbocycles. The summed E-state index contributed by atoms with van der Waals surface area (Å²) in [5, 5.41) is 11.0. The normalized spacial score (nSPS) is 51.5. The molecule has 0 aromatic heterocycles. The maximum absolute atomic E-state index is 14.3. The van der Waals surface area contributed by atoms with Crippen molar-refractivity contribution in [2.75, 3.05) is 6.61 Å². The third kappa shape index (κ3) is 3.74. The molecule has 1 heterocycles. The van der Waals surface area contributed by atoms with Gasteiger partial charge in [0, 0.05) is 0 Å². The minimum Gasteiger partial charge on any atom is -0.460 e. The van der Waals surface area contributed by atoms with Gasteiger partial charge >= 0.3 is 5.97 Å². The zero-order chi connectivity index (χ0) is 29.1. The van der Waals surface area contributed by atoms with Crippen LogP contribution in [0.5, 0.6) is 0 Å². The fourth-order valence-electron chi connectivity index (χ4n) is 12.8. The van der Waals surface area contributed by atoms with Gasteiger partial charge in [0.2, 0.25) is 0 Å². The monoisotopic (exact) mass is 562 g/mol. The predicted octanol–water partition coefficient (Wildman–Crippen LogP) is 7.96. The van der Waals surface area contributed by atoms with Crippen LogP contribution in [0.2, 0.25) is 0 Å². The number of hydrogen-bond donors (Lipinski definition) is 1. The lowest BCUT2D eigenvalue weighted by Crippen LogP contribution is -2.67. The van der Waals surface area contributed by atoms with E-state index in [1.807, 2.05) is 18.2 Å². The van der Waals surface area contributed by atoms with E-state index >= 15 is 0 Å². The Bertz CT molecular complexity index is 1190. The minimum absolute atomic E-state index is 0.0230. The Morgan fingerprint density at radius 3 is 2.27 bits per heavy atom. The molecular formula is C37H54O4. The van der Waals surface area contributed by atoms with Crippen LogP contribution in [0.4, 0.5) is 0 Å². The molecule has 1 saturated heterocycles. The summed E-state index contributed by atoms with van der Waals surface area (Å²) in [6, 6.07) is 10.2. The van der Waals surface area contributed by atoms with Crippen LogP contribution < -0.4 is 0 Å². The first-order valence-electron chi connectivity index (χ1n) is 16.9. The molecule has 0 spiro atoms. The van der Waals surface area contributed by atoms with Gasteiger partial charge in [0.15, 0.2) is 0 Å². The number of ether oxygens (including phenoxy) is 2. The van der Waals surface area contributed by atoms with E-state index < -0.39 is 0 Å². The van der Waals surface area contributed by atoms with E-state index in [-0.39, 0.29) is 44.7 Å². The van der Waals surface area contributed by atoms with Crippen molar-refractivity contribution in [1.29, 1.82) is 0 Å². The Morgan fingerprint density at radius 1 is 0.829 bits per heavy atom. The van der Waals surface area contributed by atoms with Gasteiger partial charge in [-0.1, -0.05) is 65.0 Å². The van der Waals surface area contributed by atoms with E-state index in [0.717, 1.165) is 50.7 Å². The summed E-state index contributed by atoms with van der Waals surface area (Å²) in [6.45, 7) is 16.1. The summed E-state index contributed by atoms with van der Waals surface area (Å²) >= 11 is 0. The highest BCUT2D eigenvalue weighted by molar-refractivity contribution is 5.78. The Kier molecular flexibility index (Phi) is 6.28. The van der Waals surface area contributed by atoms with E-state index in [1.54, 1.807) is 0 Å². The van der Waals surface area contributed by atoms with Crippen LogP contribution in [-0.2, 0) is 20.9 Å².